The molecule has 0 spiro atoms. The average Bonchev–Trinajstić information content (AvgIpc) is 3.12. The van der Waals surface area contributed by atoms with Crippen LogP contribution in [0.5, 0.6) is 0 Å². The number of nitrogens with one attached hydrogen (secondary N) is 1. The average molecular weight is 478 g/mol. The van der Waals surface area contributed by atoms with Crippen molar-refractivity contribution in [1.29, 1.82) is 0 Å². The zero-order valence-electron chi connectivity index (χ0n) is 20.1. The number of likely N-dealkylation sites (tertiary alicyclic amines) is 1. The standard InChI is InChI=1S/C27H31N3O5/c1-4-13-27(25(32)33)16-30(17-27)24(31)23(14-29(2)3)28-26(34)35-15-22-20-11-7-5-9-18(20)19-10-6-8-12-21(19)22/h4-12,22-23H,1,13-17H2,2-3H3,(H,28,34)(H,32,33)/t23-/m0/s1. The van der Waals surface area contributed by atoms with Crippen LogP contribution in [-0.4, -0.2) is 79.3 Å². The third kappa shape index (κ3) is 4.79. The molecular formula is C27H31N3O5. The third-order valence-corrected chi connectivity index (χ3v) is 6.77. The van der Waals surface area contributed by atoms with E-state index >= 15 is 0 Å². The number of fused-ring (bicyclic) bond motifs is 3. The van der Waals surface area contributed by atoms with Crippen molar-refractivity contribution in [2.75, 3.05) is 40.3 Å². The molecule has 1 heterocycles. The number of likely N-dealkylation sites (N-methyl/N-ethyl adjacent to an activating group) is 1. The van der Waals surface area contributed by atoms with Gasteiger partial charge in [0.05, 0.1) is 0 Å². The molecule has 1 atom stereocenters. The Morgan fingerprint density at radius 2 is 1.71 bits per heavy atom. The Bertz CT molecular complexity index is 1090. The molecule has 2 N–H and O–H groups in total. The zero-order chi connectivity index (χ0) is 25.2. The van der Waals surface area contributed by atoms with E-state index in [9.17, 15) is 19.5 Å². The molecule has 184 valence electrons. The van der Waals surface area contributed by atoms with Crippen LogP contribution in [0.1, 0.15) is 23.5 Å². The van der Waals surface area contributed by atoms with E-state index < -0.39 is 23.5 Å². The summed E-state index contributed by atoms with van der Waals surface area (Å²) in [6.45, 7) is 4.21. The minimum absolute atomic E-state index is 0.0818. The number of carboxylic acid groups (broad SMARTS) is 1. The van der Waals surface area contributed by atoms with Gasteiger partial charge in [-0.1, -0.05) is 54.6 Å². The third-order valence-electron chi connectivity index (χ3n) is 6.77. The summed E-state index contributed by atoms with van der Waals surface area (Å²) < 4.78 is 5.60. The lowest BCUT2D eigenvalue weighted by molar-refractivity contribution is -0.166. The number of carbonyl (C=O) groups excluding carboxylic acids is 2. The van der Waals surface area contributed by atoms with Gasteiger partial charge < -0.3 is 25.0 Å². The van der Waals surface area contributed by atoms with Gasteiger partial charge in [0, 0.05) is 25.6 Å². The predicted molar refractivity (Wildman–Crippen MR) is 132 cm³/mol. The molecule has 1 aliphatic carbocycles. The van der Waals surface area contributed by atoms with E-state index in [0.717, 1.165) is 22.3 Å². The first-order valence-electron chi connectivity index (χ1n) is 11.6. The van der Waals surface area contributed by atoms with Crippen LogP contribution in [-0.2, 0) is 14.3 Å². The second-order valence-corrected chi connectivity index (χ2v) is 9.56. The van der Waals surface area contributed by atoms with Crippen LogP contribution in [0.3, 0.4) is 0 Å². The monoisotopic (exact) mass is 477 g/mol. The van der Waals surface area contributed by atoms with E-state index in [2.05, 4.69) is 24.0 Å². The summed E-state index contributed by atoms with van der Waals surface area (Å²) >= 11 is 0. The summed E-state index contributed by atoms with van der Waals surface area (Å²) in [5, 5.41) is 12.3. The van der Waals surface area contributed by atoms with Crippen LogP contribution < -0.4 is 5.32 Å². The number of hydrogen-bond donors (Lipinski definition) is 2. The minimum Gasteiger partial charge on any atom is -0.481 e. The summed E-state index contributed by atoms with van der Waals surface area (Å²) in [7, 11) is 3.60. The fourth-order valence-corrected chi connectivity index (χ4v) is 5.02. The molecule has 0 saturated carbocycles. The first-order chi connectivity index (χ1) is 16.8. The minimum atomic E-state index is -1.01. The SMILES string of the molecule is C=CCC1(C(=O)O)CN(C(=O)[C@H](CN(C)C)NC(=O)OCC2c3ccccc3-c3ccccc32)C1. The molecule has 0 unspecified atom stereocenters. The Labute approximate surface area is 205 Å². The molecule has 0 aromatic heterocycles. The molecule has 2 aromatic carbocycles. The number of rotatable bonds is 9. The highest BCUT2D eigenvalue weighted by Crippen LogP contribution is 2.44. The summed E-state index contributed by atoms with van der Waals surface area (Å²) in [4.78, 5) is 40.8. The molecule has 2 aliphatic rings. The lowest BCUT2D eigenvalue weighted by Crippen LogP contribution is -2.66. The Kier molecular flexibility index (Phi) is 6.93. The fraction of sp³-hybridized carbons (Fsp3) is 0.370. The van der Waals surface area contributed by atoms with Gasteiger partial charge >= 0.3 is 12.1 Å². The molecule has 2 amide bonds. The Morgan fingerprint density at radius 1 is 1.14 bits per heavy atom. The van der Waals surface area contributed by atoms with Gasteiger partial charge in [-0.25, -0.2) is 4.79 Å². The number of hydrogen-bond acceptors (Lipinski definition) is 5. The topological polar surface area (TPSA) is 99.2 Å². The van der Waals surface area contributed by atoms with E-state index in [1.165, 1.54) is 4.90 Å². The van der Waals surface area contributed by atoms with Gasteiger partial charge in [-0.05, 0) is 42.8 Å². The number of nitrogens with zero attached hydrogens (tertiary/aromatic N) is 2. The molecule has 0 radical (unpaired) electrons. The number of benzene rings is 2. The largest absolute Gasteiger partial charge is 0.481 e. The van der Waals surface area contributed by atoms with Gasteiger partial charge in [0.25, 0.3) is 0 Å². The highest BCUT2D eigenvalue weighted by molar-refractivity contribution is 5.89. The Morgan fingerprint density at radius 3 is 2.23 bits per heavy atom. The van der Waals surface area contributed by atoms with Gasteiger partial charge in [0.1, 0.15) is 18.1 Å². The van der Waals surface area contributed by atoms with Gasteiger partial charge in [0.15, 0.2) is 0 Å². The molecule has 2 aromatic rings. The van der Waals surface area contributed by atoms with Crippen molar-refractivity contribution in [3.63, 3.8) is 0 Å². The lowest BCUT2D eigenvalue weighted by atomic mass is 9.76. The van der Waals surface area contributed by atoms with Crippen LogP contribution in [0.25, 0.3) is 11.1 Å². The zero-order valence-corrected chi connectivity index (χ0v) is 20.1. The summed E-state index contributed by atoms with van der Waals surface area (Å²) in [6.07, 6.45) is 1.16. The van der Waals surface area contributed by atoms with Gasteiger partial charge in [0.2, 0.25) is 5.91 Å². The Hall–Kier alpha value is -3.65. The van der Waals surface area contributed by atoms with Crippen molar-refractivity contribution in [3.8, 4) is 11.1 Å². The molecular weight excluding hydrogens is 446 g/mol. The number of carbonyl (C=O) groups is 3. The first-order valence-corrected chi connectivity index (χ1v) is 11.6. The van der Waals surface area contributed by atoms with Crippen LogP contribution in [0, 0.1) is 5.41 Å². The molecule has 8 heteroatoms. The second-order valence-electron chi connectivity index (χ2n) is 9.56. The highest BCUT2D eigenvalue weighted by Gasteiger charge is 2.51. The first kappa shape index (κ1) is 24.5. The quantitative estimate of drug-likeness (QED) is 0.539. The molecule has 1 fully saturated rings. The van der Waals surface area contributed by atoms with Crippen LogP contribution in [0.2, 0.25) is 0 Å². The number of amides is 2. The van der Waals surface area contributed by atoms with Gasteiger partial charge in [-0.2, -0.15) is 0 Å². The maximum atomic E-state index is 13.1. The molecule has 0 bridgehead atoms. The maximum Gasteiger partial charge on any atom is 0.407 e. The molecule has 35 heavy (non-hydrogen) atoms. The second kappa shape index (κ2) is 9.92. The van der Waals surface area contributed by atoms with Gasteiger partial charge in [-0.15, -0.1) is 6.58 Å². The molecule has 1 saturated heterocycles. The number of allylic oxidation sites excluding steroid dienone is 1. The number of aliphatic carboxylic acids is 1. The van der Waals surface area contributed by atoms with Crippen molar-refractivity contribution >= 4 is 18.0 Å². The van der Waals surface area contributed by atoms with Crippen LogP contribution in [0.15, 0.2) is 61.2 Å². The number of ether oxygens (including phenoxy) is 1. The number of carboxylic acids is 1. The normalized spacial score (nSPS) is 16.6. The Balaban J connectivity index is 1.41. The van der Waals surface area contributed by atoms with Crippen molar-refractivity contribution in [1.82, 2.24) is 15.1 Å². The molecule has 4 rings (SSSR count). The molecule has 1 aliphatic heterocycles. The van der Waals surface area contributed by atoms with E-state index in [-0.39, 0.29) is 44.5 Å². The van der Waals surface area contributed by atoms with Crippen LogP contribution in [0.4, 0.5) is 4.79 Å². The lowest BCUT2D eigenvalue weighted by Gasteiger charge is -2.47. The maximum absolute atomic E-state index is 13.1. The number of alkyl carbamates (subject to hydrolysis) is 1. The highest BCUT2D eigenvalue weighted by atomic mass is 16.5. The van der Waals surface area contributed by atoms with Crippen molar-refractivity contribution < 1.29 is 24.2 Å². The van der Waals surface area contributed by atoms with E-state index in [4.69, 9.17) is 4.74 Å². The van der Waals surface area contributed by atoms with Gasteiger partial charge in [-0.3, -0.25) is 9.59 Å². The summed E-state index contributed by atoms with van der Waals surface area (Å²) in [5.41, 5.74) is 3.48. The van der Waals surface area contributed by atoms with Crippen LogP contribution >= 0.6 is 0 Å². The van der Waals surface area contributed by atoms with Crippen molar-refractivity contribution in [2.24, 2.45) is 5.41 Å². The van der Waals surface area contributed by atoms with E-state index in [0.29, 0.717) is 0 Å². The smallest absolute Gasteiger partial charge is 0.407 e. The van der Waals surface area contributed by atoms with E-state index in [1.54, 1.807) is 25.1 Å². The fourth-order valence-electron chi connectivity index (χ4n) is 5.02. The predicted octanol–water partition coefficient (Wildman–Crippen LogP) is 2.94. The molecule has 8 nitrogen and oxygen atoms in total. The summed E-state index contributed by atoms with van der Waals surface area (Å²) in [5.74, 6) is -1.36. The summed E-state index contributed by atoms with van der Waals surface area (Å²) in [6, 6.07) is 15.3. The van der Waals surface area contributed by atoms with Crippen molar-refractivity contribution in [3.05, 3.63) is 72.3 Å². The van der Waals surface area contributed by atoms with Crippen molar-refractivity contribution in [2.45, 2.75) is 18.4 Å². The van der Waals surface area contributed by atoms with E-state index in [1.807, 2.05) is 36.4 Å².